The Hall–Kier alpha value is -0.300. The molecule has 0 aromatic heterocycles. The van der Waals surface area contributed by atoms with Gasteiger partial charge in [-0.05, 0) is 69.4 Å². The molecule has 1 aliphatic carbocycles. The quantitative estimate of drug-likeness (QED) is 0.647. The van der Waals surface area contributed by atoms with Gasteiger partial charge in [-0.3, -0.25) is 0 Å². The van der Waals surface area contributed by atoms with Crippen LogP contribution in [0.3, 0.4) is 0 Å². The van der Waals surface area contributed by atoms with E-state index < -0.39 is 0 Å². The molecule has 1 atom stereocenters. The SMILES string of the molecule is CC(C)C1=C(C(C)C)C2(CCN(C(C)C)CC2)C[C@@H]1C. The van der Waals surface area contributed by atoms with Crippen LogP contribution < -0.4 is 0 Å². The highest BCUT2D eigenvalue weighted by molar-refractivity contribution is 5.34. The highest BCUT2D eigenvalue weighted by Crippen LogP contribution is 2.56. The summed E-state index contributed by atoms with van der Waals surface area (Å²) >= 11 is 0. The van der Waals surface area contributed by atoms with Crippen molar-refractivity contribution in [3.8, 4) is 0 Å². The first-order chi connectivity index (χ1) is 9.28. The second-order valence-corrected chi connectivity index (χ2v) is 8.19. The van der Waals surface area contributed by atoms with Crippen molar-refractivity contribution in [3.05, 3.63) is 11.1 Å². The maximum atomic E-state index is 2.67. The largest absolute Gasteiger partial charge is 0.301 e. The average molecular weight is 277 g/mol. The minimum absolute atomic E-state index is 0.540. The molecule has 1 saturated heterocycles. The monoisotopic (exact) mass is 277 g/mol. The third kappa shape index (κ3) is 2.71. The van der Waals surface area contributed by atoms with Crippen LogP contribution in [0.2, 0.25) is 0 Å². The zero-order chi connectivity index (χ0) is 15.1. The van der Waals surface area contributed by atoms with Crippen LogP contribution in [-0.2, 0) is 0 Å². The molecular weight excluding hydrogens is 242 g/mol. The van der Waals surface area contributed by atoms with E-state index in [1.807, 2.05) is 5.57 Å². The zero-order valence-electron chi connectivity index (χ0n) is 14.8. The standard InChI is InChI=1S/C19H35N/c1-13(2)17-16(7)12-19(18(17)14(3)4)8-10-20(11-9-19)15(5)6/h13-16H,8-12H2,1-7H3/t16-/m0/s1. The number of allylic oxidation sites excluding steroid dienone is 2. The van der Waals surface area contributed by atoms with Crippen molar-refractivity contribution in [1.82, 2.24) is 4.90 Å². The van der Waals surface area contributed by atoms with Crippen LogP contribution in [0.25, 0.3) is 0 Å². The Morgan fingerprint density at radius 2 is 1.50 bits per heavy atom. The van der Waals surface area contributed by atoms with Crippen LogP contribution in [0.1, 0.15) is 67.7 Å². The molecule has 1 fully saturated rings. The van der Waals surface area contributed by atoms with Crippen molar-refractivity contribution in [2.24, 2.45) is 23.2 Å². The van der Waals surface area contributed by atoms with E-state index in [4.69, 9.17) is 0 Å². The summed E-state index contributed by atoms with van der Waals surface area (Å²) in [6.07, 6.45) is 4.19. The number of hydrogen-bond acceptors (Lipinski definition) is 1. The first kappa shape index (κ1) is 16.1. The Kier molecular flexibility index (Phi) is 4.69. The molecule has 0 aromatic rings. The third-order valence-electron chi connectivity index (χ3n) is 5.79. The molecule has 1 aliphatic heterocycles. The maximum Gasteiger partial charge on any atom is 0.00386 e. The molecule has 2 rings (SSSR count). The van der Waals surface area contributed by atoms with Crippen molar-refractivity contribution in [2.45, 2.75) is 73.8 Å². The molecule has 0 bridgehead atoms. The highest BCUT2D eigenvalue weighted by Gasteiger charge is 2.46. The molecule has 1 nitrogen and oxygen atoms in total. The summed E-state index contributed by atoms with van der Waals surface area (Å²) in [5.41, 5.74) is 4.19. The van der Waals surface area contributed by atoms with Gasteiger partial charge in [0.2, 0.25) is 0 Å². The molecule has 0 radical (unpaired) electrons. The first-order valence-corrected chi connectivity index (χ1v) is 8.77. The van der Waals surface area contributed by atoms with Gasteiger partial charge < -0.3 is 4.90 Å². The Balaban J connectivity index is 2.29. The fourth-order valence-electron chi connectivity index (χ4n) is 5.15. The third-order valence-corrected chi connectivity index (χ3v) is 5.79. The van der Waals surface area contributed by atoms with Crippen LogP contribution in [0.4, 0.5) is 0 Å². The number of hydrogen-bond donors (Lipinski definition) is 0. The topological polar surface area (TPSA) is 3.24 Å². The van der Waals surface area contributed by atoms with Gasteiger partial charge in [-0.15, -0.1) is 0 Å². The molecule has 0 aromatic carbocycles. The van der Waals surface area contributed by atoms with Crippen molar-refractivity contribution in [1.29, 1.82) is 0 Å². The first-order valence-electron chi connectivity index (χ1n) is 8.77. The number of rotatable bonds is 3. The van der Waals surface area contributed by atoms with E-state index in [9.17, 15) is 0 Å². The number of nitrogens with zero attached hydrogens (tertiary/aromatic N) is 1. The van der Waals surface area contributed by atoms with Gasteiger partial charge in [0.1, 0.15) is 0 Å². The minimum Gasteiger partial charge on any atom is -0.301 e. The highest BCUT2D eigenvalue weighted by atomic mass is 15.2. The van der Waals surface area contributed by atoms with Gasteiger partial charge in [0.15, 0.2) is 0 Å². The Bertz CT molecular complexity index is 367. The van der Waals surface area contributed by atoms with E-state index in [1.54, 1.807) is 5.57 Å². The second-order valence-electron chi connectivity index (χ2n) is 8.19. The minimum atomic E-state index is 0.540. The van der Waals surface area contributed by atoms with Gasteiger partial charge in [0, 0.05) is 6.04 Å². The van der Waals surface area contributed by atoms with Crippen LogP contribution in [-0.4, -0.2) is 24.0 Å². The van der Waals surface area contributed by atoms with Gasteiger partial charge in [0.05, 0.1) is 0 Å². The summed E-state index contributed by atoms with van der Waals surface area (Å²) in [6.45, 7) is 19.4. The lowest BCUT2D eigenvalue weighted by molar-refractivity contribution is 0.0966. The van der Waals surface area contributed by atoms with Crippen LogP contribution in [0.5, 0.6) is 0 Å². The summed E-state index contributed by atoms with van der Waals surface area (Å²) in [7, 11) is 0. The van der Waals surface area contributed by atoms with Gasteiger partial charge in [-0.2, -0.15) is 0 Å². The van der Waals surface area contributed by atoms with E-state index in [1.165, 1.54) is 32.4 Å². The Morgan fingerprint density at radius 3 is 1.90 bits per heavy atom. The van der Waals surface area contributed by atoms with Gasteiger partial charge in [-0.1, -0.05) is 45.8 Å². The Labute approximate surface area is 126 Å². The van der Waals surface area contributed by atoms with Gasteiger partial charge >= 0.3 is 0 Å². The van der Waals surface area contributed by atoms with E-state index in [-0.39, 0.29) is 0 Å². The molecule has 20 heavy (non-hydrogen) atoms. The van der Waals surface area contributed by atoms with Gasteiger partial charge in [-0.25, -0.2) is 0 Å². The predicted octanol–water partition coefficient (Wildman–Crippen LogP) is 5.13. The van der Waals surface area contributed by atoms with Crippen LogP contribution in [0, 0.1) is 23.2 Å². The van der Waals surface area contributed by atoms with Crippen molar-refractivity contribution in [2.75, 3.05) is 13.1 Å². The molecule has 1 spiro atoms. The smallest absolute Gasteiger partial charge is 0.00386 e. The average Bonchev–Trinajstić information content (AvgIpc) is 2.62. The summed E-state index contributed by atoms with van der Waals surface area (Å²) in [5.74, 6) is 2.26. The zero-order valence-corrected chi connectivity index (χ0v) is 14.8. The molecule has 0 N–H and O–H groups in total. The lowest BCUT2D eigenvalue weighted by Crippen LogP contribution is -2.44. The van der Waals surface area contributed by atoms with E-state index >= 15 is 0 Å². The summed E-state index contributed by atoms with van der Waals surface area (Å²) in [6, 6.07) is 0.710. The summed E-state index contributed by atoms with van der Waals surface area (Å²) in [5, 5.41) is 0. The van der Waals surface area contributed by atoms with Crippen molar-refractivity contribution in [3.63, 3.8) is 0 Å². The fourth-order valence-corrected chi connectivity index (χ4v) is 5.15. The molecule has 116 valence electrons. The molecular formula is C19H35N. The fraction of sp³-hybridized carbons (Fsp3) is 0.895. The van der Waals surface area contributed by atoms with E-state index in [2.05, 4.69) is 53.4 Å². The predicted molar refractivity (Wildman–Crippen MR) is 88.9 cm³/mol. The molecule has 1 heterocycles. The lowest BCUT2D eigenvalue weighted by atomic mass is 9.69. The van der Waals surface area contributed by atoms with Crippen LogP contribution >= 0.6 is 0 Å². The molecule has 0 amide bonds. The van der Waals surface area contributed by atoms with Gasteiger partial charge in [0.25, 0.3) is 0 Å². The van der Waals surface area contributed by atoms with Crippen molar-refractivity contribution < 1.29 is 0 Å². The molecule has 2 aliphatic rings. The molecule has 0 unspecified atom stereocenters. The van der Waals surface area contributed by atoms with E-state index in [0.717, 1.165) is 17.8 Å². The molecule has 0 saturated carbocycles. The summed E-state index contributed by atoms with van der Waals surface area (Å²) < 4.78 is 0. The Morgan fingerprint density at radius 1 is 0.950 bits per heavy atom. The molecule has 1 heteroatoms. The number of likely N-dealkylation sites (tertiary alicyclic amines) is 1. The second kappa shape index (κ2) is 5.83. The van der Waals surface area contributed by atoms with E-state index in [0.29, 0.717) is 11.5 Å². The number of piperidine rings is 1. The maximum absolute atomic E-state index is 2.67. The van der Waals surface area contributed by atoms with Crippen LogP contribution in [0.15, 0.2) is 11.1 Å². The van der Waals surface area contributed by atoms with Crippen molar-refractivity contribution >= 4 is 0 Å². The lowest BCUT2D eigenvalue weighted by Gasteiger charge is -2.44. The normalized spacial score (nSPS) is 27.6. The summed E-state index contributed by atoms with van der Waals surface area (Å²) in [4.78, 5) is 2.67.